The second kappa shape index (κ2) is 8.68. The number of aromatic nitrogens is 4. The molecule has 0 aromatic carbocycles. The molecule has 0 spiro atoms. The fourth-order valence-electron chi connectivity index (χ4n) is 2.46. The van der Waals surface area contributed by atoms with E-state index in [2.05, 4.69) is 28.1 Å². The lowest BCUT2D eigenvalue weighted by atomic mass is 10.1. The maximum atomic E-state index is 11.7. The summed E-state index contributed by atoms with van der Waals surface area (Å²) >= 11 is 0. The van der Waals surface area contributed by atoms with E-state index in [0.29, 0.717) is 0 Å². The Morgan fingerprint density at radius 3 is 2.66 bits per heavy atom. The van der Waals surface area contributed by atoms with E-state index in [1.165, 1.54) is 10.9 Å². The molecule has 0 saturated carbocycles. The Bertz CT molecular complexity index is 1030. The van der Waals surface area contributed by atoms with Crippen molar-refractivity contribution in [3.63, 3.8) is 0 Å². The molecule has 0 radical (unpaired) electrons. The van der Waals surface area contributed by atoms with Gasteiger partial charge in [0, 0.05) is 9.13 Å². The van der Waals surface area contributed by atoms with Crippen LogP contribution in [-0.2, 0) is 31.6 Å². The lowest BCUT2D eigenvalue weighted by molar-refractivity contribution is -0.0475. The fraction of sp³-hybridized carbons (Fsp3) is 0.500. The normalized spacial score (nSPS) is 26.1. The molecule has 0 aliphatic carbocycles. The molecule has 1 fully saturated rings. The maximum Gasteiger partial charge on any atom is 0.758 e. The van der Waals surface area contributed by atoms with Crippen LogP contribution >= 0.6 is 24.3 Å². The van der Waals surface area contributed by atoms with Gasteiger partial charge in [-0.15, -0.1) is 4.52 Å². The van der Waals surface area contributed by atoms with E-state index in [-0.39, 0.29) is 11.2 Å². The molecule has 4 unspecified atom stereocenters. The van der Waals surface area contributed by atoms with Crippen molar-refractivity contribution in [1.29, 1.82) is 0 Å². The SMILES string of the molecule is O=c1[nH]cnc2c1ncn2[C@@H]1O[C@H](CO[P+](=O)O[P+](=O)OP(=O)(O)O)C(O)C1O. The van der Waals surface area contributed by atoms with Gasteiger partial charge < -0.3 is 29.7 Å². The quantitative estimate of drug-likeness (QED) is 0.295. The third-order valence-corrected chi connectivity index (χ3v) is 6.44. The number of hydrogen-bond donors (Lipinski definition) is 5. The zero-order chi connectivity index (χ0) is 21.3. The van der Waals surface area contributed by atoms with Gasteiger partial charge >= 0.3 is 24.3 Å². The molecule has 0 amide bonds. The lowest BCUT2D eigenvalue weighted by Crippen LogP contribution is -2.33. The summed E-state index contributed by atoms with van der Waals surface area (Å²) in [7, 11) is -11.7. The van der Waals surface area contributed by atoms with Gasteiger partial charge in [0.15, 0.2) is 21.7 Å². The van der Waals surface area contributed by atoms with Crippen molar-refractivity contribution < 1.29 is 51.6 Å². The van der Waals surface area contributed by atoms with Gasteiger partial charge in [0.05, 0.1) is 12.7 Å². The molecule has 6 atom stereocenters. The summed E-state index contributed by atoms with van der Waals surface area (Å²) in [5.74, 6) is 0. The van der Waals surface area contributed by atoms with Gasteiger partial charge in [0.25, 0.3) is 5.56 Å². The Hall–Kier alpha value is -1.54. The summed E-state index contributed by atoms with van der Waals surface area (Å²) in [6, 6.07) is 0. The fourth-order valence-corrected chi connectivity index (χ4v) is 4.44. The number of aliphatic hydroxyl groups excluding tert-OH is 2. The Labute approximate surface area is 161 Å². The number of nitrogens with one attached hydrogen (secondary N) is 1. The molecular formula is C10H13N4O12P3+2. The highest BCUT2D eigenvalue weighted by atomic mass is 31.3. The largest absolute Gasteiger partial charge is 0.758 e. The van der Waals surface area contributed by atoms with Gasteiger partial charge in [0.1, 0.15) is 24.9 Å². The summed E-state index contributed by atoms with van der Waals surface area (Å²) in [5, 5.41) is 20.3. The summed E-state index contributed by atoms with van der Waals surface area (Å²) in [4.78, 5) is 38.7. The van der Waals surface area contributed by atoms with Gasteiger partial charge in [-0.05, 0) is 4.31 Å². The summed E-state index contributed by atoms with van der Waals surface area (Å²) in [5.41, 5.74) is -0.474. The van der Waals surface area contributed by atoms with Crippen LogP contribution in [0.4, 0.5) is 0 Å². The first-order valence-electron chi connectivity index (χ1n) is 7.49. The Kier molecular flexibility index (Phi) is 6.63. The van der Waals surface area contributed by atoms with Gasteiger partial charge in [-0.1, -0.05) is 0 Å². The first-order chi connectivity index (χ1) is 13.6. The molecular weight excluding hydrogens is 461 g/mol. The highest BCUT2D eigenvalue weighted by Gasteiger charge is 2.49. The van der Waals surface area contributed by atoms with E-state index in [4.69, 9.17) is 14.5 Å². The van der Waals surface area contributed by atoms with Crippen molar-refractivity contribution >= 4 is 35.5 Å². The van der Waals surface area contributed by atoms with Gasteiger partial charge in [-0.25, -0.2) is 14.5 Å². The molecule has 5 N–H and O–H groups in total. The molecule has 19 heteroatoms. The number of aliphatic hydroxyl groups is 2. The number of aromatic amines is 1. The monoisotopic (exact) mass is 474 g/mol. The summed E-state index contributed by atoms with van der Waals surface area (Å²) in [6.45, 7) is -0.621. The molecule has 0 bridgehead atoms. The number of imidazole rings is 1. The smallest absolute Gasteiger partial charge is 0.387 e. The average Bonchev–Trinajstić information content (AvgIpc) is 3.15. The van der Waals surface area contributed by atoms with Crippen molar-refractivity contribution in [2.75, 3.05) is 6.61 Å². The molecule has 1 aliphatic rings. The number of rotatable bonds is 8. The van der Waals surface area contributed by atoms with E-state index in [1.54, 1.807) is 0 Å². The van der Waals surface area contributed by atoms with E-state index in [0.717, 1.165) is 6.33 Å². The third kappa shape index (κ3) is 5.15. The first-order valence-corrected chi connectivity index (χ1v) is 11.2. The summed E-state index contributed by atoms with van der Waals surface area (Å²) < 4.78 is 52.3. The van der Waals surface area contributed by atoms with Crippen molar-refractivity contribution in [3.05, 3.63) is 23.0 Å². The minimum absolute atomic E-state index is 0.0252. The first kappa shape index (κ1) is 22.2. The van der Waals surface area contributed by atoms with Crippen molar-refractivity contribution in [2.24, 2.45) is 0 Å². The number of fused-ring (bicyclic) bond motifs is 1. The highest BCUT2D eigenvalue weighted by Crippen LogP contribution is 2.52. The molecule has 158 valence electrons. The van der Waals surface area contributed by atoms with E-state index in [9.17, 15) is 28.7 Å². The van der Waals surface area contributed by atoms with Crippen LogP contribution in [0.1, 0.15) is 6.23 Å². The lowest BCUT2D eigenvalue weighted by Gasteiger charge is -2.16. The minimum atomic E-state index is -5.13. The molecule has 29 heavy (non-hydrogen) atoms. The van der Waals surface area contributed by atoms with Crippen molar-refractivity contribution in [3.8, 4) is 0 Å². The number of ether oxygens (including phenoxy) is 1. The minimum Gasteiger partial charge on any atom is -0.387 e. The van der Waals surface area contributed by atoms with Crippen molar-refractivity contribution in [2.45, 2.75) is 24.5 Å². The predicted octanol–water partition coefficient (Wildman–Crippen LogP) is -0.804. The van der Waals surface area contributed by atoms with Gasteiger partial charge in [-0.3, -0.25) is 9.36 Å². The molecule has 2 aromatic heterocycles. The van der Waals surface area contributed by atoms with E-state index in [1.807, 2.05) is 0 Å². The van der Waals surface area contributed by atoms with Crippen LogP contribution in [0.15, 0.2) is 17.4 Å². The number of H-pyrrole nitrogens is 1. The van der Waals surface area contributed by atoms with Crippen LogP contribution in [0, 0.1) is 0 Å². The van der Waals surface area contributed by atoms with Crippen LogP contribution < -0.4 is 5.56 Å². The number of hydrogen-bond acceptors (Lipinski definition) is 12. The molecule has 3 rings (SSSR count). The molecule has 16 nitrogen and oxygen atoms in total. The molecule has 1 saturated heterocycles. The molecule has 1 aliphatic heterocycles. The zero-order valence-electron chi connectivity index (χ0n) is 13.9. The van der Waals surface area contributed by atoms with Crippen LogP contribution in [-0.4, -0.2) is 64.4 Å². The topological polar surface area (TPSA) is 233 Å². The van der Waals surface area contributed by atoms with Gasteiger partial charge in [-0.2, -0.15) is 0 Å². The van der Waals surface area contributed by atoms with E-state index >= 15 is 0 Å². The molecule has 2 aromatic rings. The van der Waals surface area contributed by atoms with Crippen LogP contribution in [0.2, 0.25) is 0 Å². The maximum absolute atomic E-state index is 11.7. The Balaban J connectivity index is 1.63. The third-order valence-electron chi connectivity index (χ3n) is 3.63. The summed E-state index contributed by atoms with van der Waals surface area (Å²) in [6.07, 6.45) is -3.20. The predicted molar refractivity (Wildman–Crippen MR) is 89.5 cm³/mol. The van der Waals surface area contributed by atoms with Crippen molar-refractivity contribution in [1.82, 2.24) is 19.5 Å². The second-order valence-corrected chi connectivity index (χ2v) is 8.94. The van der Waals surface area contributed by atoms with Crippen LogP contribution in [0.3, 0.4) is 0 Å². The van der Waals surface area contributed by atoms with Gasteiger partial charge in [0.2, 0.25) is 0 Å². The molecule has 3 heterocycles. The van der Waals surface area contributed by atoms with E-state index < -0.39 is 61.0 Å². The number of phosphoric acid groups is 1. The van der Waals surface area contributed by atoms with Crippen LogP contribution in [0.25, 0.3) is 11.2 Å². The Morgan fingerprint density at radius 1 is 1.24 bits per heavy atom. The standard InChI is InChI=1S/C10H11N4O12P3/c15-6-4(1-23-27(18)25-28(19)26-29(20,21)22)24-10(7(6)16)14-3-13-5-8(14)11-2-12-9(5)17/h2-4,6-7,10,15-16H,1H2,(H-2,11,12,17,20,21,22)/p+2/t4-,6?,7?,10-/m1/s1. The second-order valence-electron chi connectivity index (χ2n) is 5.50. The Morgan fingerprint density at radius 2 is 1.97 bits per heavy atom. The van der Waals surface area contributed by atoms with Crippen LogP contribution in [0.5, 0.6) is 0 Å². The highest BCUT2D eigenvalue weighted by molar-refractivity contribution is 7.58. The number of nitrogens with zero attached hydrogens (tertiary/aromatic N) is 3. The average molecular weight is 474 g/mol. The zero-order valence-corrected chi connectivity index (χ0v) is 16.6.